The van der Waals surface area contributed by atoms with Gasteiger partial charge in [0, 0.05) is 32.2 Å². The van der Waals surface area contributed by atoms with Gasteiger partial charge in [0.15, 0.2) is 0 Å². The monoisotopic (exact) mass is 334 g/mol. The van der Waals surface area contributed by atoms with Crippen LogP contribution in [0.5, 0.6) is 0 Å². The number of likely N-dealkylation sites (tertiary alicyclic amines) is 1. The molecular weight excluding hydrogens is 307 g/mol. The highest BCUT2D eigenvalue weighted by atomic mass is 19.1. The van der Waals surface area contributed by atoms with Crippen molar-refractivity contribution in [2.45, 2.75) is 32.2 Å². The van der Waals surface area contributed by atoms with Gasteiger partial charge < -0.3 is 9.64 Å². The normalized spacial score (nSPS) is 25.9. The summed E-state index contributed by atoms with van der Waals surface area (Å²) >= 11 is 0. The van der Waals surface area contributed by atoms with Crippen LogP contribution >= 0.6 is 0 Å². The van der Waals surface area contributed by atoms with Gasteiger partial charge in [-0.1, -0.05) is 19.1 Å². The molecule has 1 aromatic rings. The average Bonchev–Trinajstić information content (AvgIpc) is 2.96. The summed E-state index contributed by atoms with van der Waals surface area (Å²) in [6, 6.07) is 6.77. The number of benzene rings is 1. The third-order valence-corrected chi connectivity index (χ3v) is 5.46. The molecule has 132 valence electrons. The van der Waals surface area contributed by atoms with Crippen molar-refractivity contribution in [3.63, 3.8) is 0 Å². The highest BCUT2D eigenvalue weighted by Crippen LogP contribution is 2.30. The number of rotatable bonds is 3. The number of morpholine rings is 1. The first kappa shape index (κ1) is 17.4. The summed E-state index contributed by atoms with van der Waals surface area (Å²) < 4.78 is 19.0. The Balaban J connectivity index is 1.73. The van der Waals surface area contributed by atoms with Crippen LogP contribution in [-0.4, -0.2) is 61.1 Å². The molecule has 1 amide bonds. The molecule has 0 spiro atoms. The Morgan fingerprint density at radius 1 is 1.25 bits per heavy atom. The molecule has 0 saturated carbocycles. The third-order valence-electron chi connectivity index (χ3n) is 5.46. The summed E-state index contributed by atoms with van der Waals surface area (Å²) in [5, 5.41) is 0. The van der Waals surface area contributed by atoms with Gasteiger partial charge in [-0.25, -0.2) is 4.39 Å². The van der Waals surface area contributed by atoms with E-state index in [1.165, 1.54) is 12.1 Å². The zero-order valence-corrected chi connectivity index (χ0v) is 14.8. The van der Waals surface area contributed by atoms with Crippen molar-refractivity contribution < 1.29 is 13.9 Å². The molecule has 0 aromatic heterocycles. The maximum Gasteiger partial charge on any atom is 0.232 e. The second-order valence-corrected chi connectivity index (χ2v) is 7.54. The minimum atomic E-state index is -0.721. The van der Waals surface area contributed by atoms with Crippen LogP contribution in [0.15, 0.2) is 24.3 Å². The quantitative estimate of drug-likeness (QED) is 0.850. The van der Waals surface area contributed by atoms with Crippen molar-refractivity contribution in [1.82, 2.24) is 9.80 Å². The van der Waals surface area contributed by atoms with Crippen LogP contribution in [0.25, 0.3) is 0 Å². The highest BCUT2D eigenvalue weighted by molar-refractivity contribution is 5.87. The summed E-state index contributed by atoms with van der Waals surface area (Å²) in [6.07, 6.45) is 0. The molecule has 2 aliphatic rings. The number of halogens is 1. The van der Waals surface area contributed by atoms with Crippen LogP contribution < -0.4 is 0 Å². The van der Waals surface area contributed by atoms with Crippen LogP contribution in [0.2, 0.25) is 0 Å². The number of carbonyl (C=O) groups excluding carboxylic acids is 1. The molecule has 0 unspecified atom stereocenters. The molecule has 0 radical (unpaired) electrons. The van der Waals surface area contributed by atoms with E-state index in [1.54, 1.807) is 6.07 Å². The van der Waals surface area contributed by atoms with Gasteiger partial charge in [-0.05, 0) is 37.5 Å². The molecule has 5 heteroatoms. The summed E-state index contributed by atoms with van der Waals surface area (Å²) in [5.74, 6) is 0.223. The zero-order valence-electron chi connectivity index (χ0n) is 14.8. The van der Waals surface area contributed by atoms with Crippen molar-refractivity contribution in [3.8, 4) is 0 Å². The fourth-order valence-corrected chi connectivity index (χ4v) is 3.90. The Hall–Kier alpha value is -1.46. The van der Waals surface area contributed by atoms with Gasteiger partial charge in [-0.3, -0.25) is 9.69 Å². The number of nitrogens with zero attached hydrogens (tertiary/aromatic N) is 2. The first-order valence-electron chi connectivity index (χ1n) is 8.77. The van der Waals surface area contributed by atoms with Crippen LogP contribution in [0.3, 0.4) is 0 Å². The summed E-state index contributed by atoms with van der Waals surface area (Å²) in [5.41, 5.74) is 0.0109. The van der Waals surface area contributed by atoms with E-state index in [2.05, 4.69) is 11.8 Å². The molecule has 24 heavy (non-hydrogen) atoms. The van der Waals surface area contributed by atoms with Gasteiger partial charge in [0.1, 0.15) is 5.82 Å². The van der Waals surface area contributed by atoms with E-state index in [9.17, 15) is 9.18 Å². The van der Waals surface area contributed by atoms with Crippen LogP contribution in [-0.2, 0) is 14.9 Å². The van der Waals surface area contributed by atoms with Gasteiger partial charge in [0.2, 0.25) is 5.91 Å². The Morgan fingerprint density at radius 2 is 1.96 bits per heavy atom. The molecule has 0 bridgehead atoms. The van der Waals surface area contributed by atoms with Crippen molar-refractivity contribution in [2.24, 2.45) is 5.92 Å². The smallest absolute Gasteiger partial charge is 0.232 e. The van der Waals surface area contributed by atoms with Gasteiger partial charge in [0.05, 0.1) is 18.6 Å². The predicted octanol–water partition coefficient (Wildman–Crippen LogP) is 2.28. The fraction of sp³-hybridized carbons (Fsp3) is 0.632. The van der Waals surface area contributed by atoms with Crippen LogP contribution in [0.4, 0.5) is 4.39 Å². The molecule has 0 aliphatic carbocycles. The lowest BCUT2D eigenvalue weighted by atomic mass is 9.83. The lowest BCUT2D eigenvalue weighted by Gasteiger charge is -2.34. The van der Waals surface area contributed by atoms with Crippen molar-refractivity contribution in [1.29, 1.82) is 0 Å². The number of hydrogen-bond acceptors (Lipinski definition) is 3. The van der Waals surface area contributed by atoms with E-state index in [1.807, 2.05) is 24.8 Å². The van der Waals surface area contributed by atoms with Crippen molar-refractivity contribution >= 4 is 5.91 Å². The van der Waals surface area contributed by atoms with Gasteiger partial charge in [-0.2, -0.15) is 0 Å². The number of carbonyl (C=O) groups is 1. The maximum absolute atomic E-state index is 13.6. The number of amides is 1. The molecule has 0 N–H and O–H groups in total. The van der Waals surface area contributed by atoms with Crippen molar-refractivity contribution in [2.75, 3.05) is 39.4 Å². The molecule has 2 heterocycles. The lowest BCUT2D eigenvalue weighted by Crippen LogP contribution is -2.48. The summed E-state index contributed by atoms with van der Waals surface area (Å²) in [4.78, 5) is 17.5. The van der Waals surface area contributed by atoms with Gasteiger partial charge >= 0.3 is 0 Å². The fourth-order valence-electron chi connectivity index (χ4n) is 3.90. The molecule has 1 aromatic carbocycles. The minimum Gasteiger partial charge on any atom is -0.379 e. The molecule has 4 nitrogen and oxygen atoms in total. The van der Waals surface area contributed by atoms with Gasteiger partial charge in [0.25, 0.3) is 0 Å². The van der Waals surface area contributed by atoms with E-state index in [4.69, 9.17) is 4.74 Å². The maximum atomic E-state index is 13.6. The topological polar surface area (TPSA) is 32.8 Å². The molecule has 2 atom stereocenters. The largest absolute Gasteiger partial charge is 0.379 e. The second kappa shape index (κ2) is 6.81. The summed E-state index contributed by atoms with van der Waals surface area (Å²) in [6.45, 7) is 10.9. The first-order valence-corrected chi connectivity index (χ1v) is 8.77. The van der Waals surface area contributed by atoms with E-state index in [0.29, 0.717) is 12.0 Å². The molecule has 2 fully saturated rings. The molecular formula is C19H27FN2O2. The first-order chi connectivity index (χ1) is 11.4. The van der Waals surface area contributed by atoms with E-state index >= 15 is 0 Å². The predicted molar refractivity (Wildman–Crippen MR) is 91.4 cm³/mol. The second-order valence-electron chi connectivity index (χ2n) is 7.54. The Morgan fingerprint density at radius 3 is 2.62 bits per heavy atom. The Labute approximate surface area is 143 Å². The highest BCUT2D eigenvalue weighted by Gasteiger charge is 2.41. The average molecular weight is 334 g/mol. The number of hydrogen-bond donors (Lipinski definition) is 0. The van der Waals surface area contributed by atoms with Crippen LogP contribution in [0, 0.1) is 11.7 Å². The molecule has 3 rings (SSSR count). The Kier molecular flexibility index (Phi) is 4.92. The molecule has 2 saturated heterocycles. The Bertz CT molecular complexity index is 599. The molecule has 2 aliphatic heterocycles. The third kappa shape index (κ3) is 3.33. The summed E-state index contributed by atoms with van der Waals surface area (Å²) in [7, 11) is 0. The van der Waals surface area contributed by atoms with Crippen LogP contribution in [0.1, 0.15) is 26.3 Å². The van der Waals surface area contributed by atoms with E-state index in [-0.39, 0.29) is 11.7 Å². The number of ether oxygens (including phenoxy) is 1. The standard InChI is InChI=1S/C19H27FN2O2/c1-14-12-22(13-17(14)21-7-9-24-10-8-21)18(23)19(2,3)15-5-4-6-16(20)11-15/h4-6,11,14,17H,7-10,12-13H2,1-3H3/t14-,17-/m1/s1. The van der Waals surface area contributed by atoms with Gasteiger partial charge in [-0.15, -0.1) is 0 Å². The minimum absolute atomic E-state index is 0.0794. The van der Waals surface area contributed by atoms with E-state index < -0.39 is 5.41 Å². The zero-order chi connectivity index (χ0) is 17.3. The van der Waals surface area contributed by atoms with E-state index in [0.717, 1.165) is 45.0 Å². The lowest BCUT2D eigenvalue weighted by molar-refractivity contribution is -0.135. The van der Waals surface area contributed by atoms with Crippen molar-refractivity contribution in [3.05, 3.63) is 35.6 Å². The SMILES string of the molecule is C[C@@H]1CN(C(=O)C(C)(C)c2cccc(F)c2)C[C@H]1N1CCOCC1.